The molecular formula is C11H23NO3. The molecular weight excluding hydrogens is 194 g/mol. The summed E-state index contributed by atoms with van der Waals surface area (Å²) in [6, 6.07) is 0.0747. The van der Waals surface area contributed by atoms with Gasteiger partial charge in [-0.1, -0.05) is 6.92 Å². The summed E-state index contributed by atoms with van der Waals surface area (Å²) in [4.78, 5) is 11.8. The van der Waals surface area contributed by atoms with Crippen LogP contribution in [0.4, 0.5) is 0 Å². The first kappa shape index (κ1) is 14.4. The number of rotatable bonds is 7. The van der Waals surface area contributed by atoms with E-state index in [9.17, 15) is 4.79 Å². The van der Waals surface area contributed by atoms with E-state index < -0.39 is 5.60 Å². The Kier molecular flexibility index (Phi) is 6.52. The second-order valence-electron chi connectivity index (χ2n) is 4.03. The number of aliphatic hydroxyl groups excluding tert-OH is 1. The van der Waals surface area contributed by atoms with Crippen molar-refractivity contribution in [1.82, 2.24) is 5.32 Å². The van der Waals surface area contributed by atoms with E-state index in [1.54, 1.807) is 14.0 Å². The first-order chi connectivity index (χ1) is 7.00. The molecule has 90 valence electrons. The minimum Gasteiger partial charge on any atom is -0.396 e. The zero-order chi connectivity index (χ0) is 11.9. The second-order valence-corrected chi connectivity index (χ2v) is 4.03. The van der Waals surface area contributed by atoms with Crippen LogP contribution in [-0.4, -0.2) is 36.4 Å². The Hall–Kier alpha value is -0.610. The maximum Gasteiger partial charge on any atom is 0.252 e. The highest BCUT2D eigenvalue weighted by atomic mass is 16.5. The molecule has 0 aliphatic carbocycles. The summed E-state index contributed by atoms with van der Waals surface area (Å²) in [7, 11) is 1.54. The molecule has 4 nitrogen and oxygen atoms in total. The highest BCUT2D eigenvalue weighted by molar-refractivity contribution is 5.84. The van der Waals surface area contributed by atoms with Crippen molar-refractivity contribution >= 4 is 5.91 Å². The van der Waals surface area contributed by atoms with E-state index in [1.807, 2.05) is 13.8 Å². The second kappa shape index (κ2) is 6.80. The topological polar surface area (TPSA) is 58.6 Å². The van der Waals surface area contributed by atoms with Crippen LogP contribution in [0.15, 0.2) is 0 Å². The van der Waals surface area contributed by atoms with Crippen molar-refractivity contribution in [2.45, 2.75) is 51.7 Å². The molecule has 0 aliphatic rings. The summed E-state index contributed by atoms with van der Waals surface area (Å²) in [5.41, 5.74) is -0.743. The zero-order valence-corrected chi connectivity index (χ0v) is 10.2. The molecule has 0 rings (SSSR count). The lowest BCUT2D eigenvalue weighted by Crippen LogP contribution is -2.48. The van der Waals surface area contributed by atoms with Gasteiger partial charge in [-0.3, -0.25) is 4.79 Å². The van der Waals surface area contributed by atoms with Gasteiger partial charge in [0.2, 0.25) is 0 Å². The molecule has 0 saturated heterocycles. The van der Waals surface area contributed by atoms with Crippen LogP contribution in [-0.2, 0) is 9.53 Å². The molecule has 0 aromatic rings. The summed E-state index contributed by atoms with van der Waals surface area (Å²) < 4.78 is 5.19. The predicted molar refractivity (Wildman–Crippen MR) is 59.6 cm³/mol. The van der Waals surface area contributed by atoms with Crippen molar-refractivity contribution in [3.05, 3.63) is 0 Å². The van der Waals surface area contributed by atoms with Gasteiger partial charge in [0.25, 0.3) is 5.91 Å². The van der Waals surface area contributed by atoms with Crippen molar-refractivity contribution in [3.8, 4) is 0 Å². The zero-order valence-electron chi connectivity index (χ0n) is 10.2. The van der Waals surface area contributed by atoms with E-state index >= 15 is 0 Å². The number of hydrogen-bond acceptors (Lipinski definition) is 3. The van der Waals surface area contributed by atoms with E-state index in [2.05, 4.69) is 5.32 Å². The number of ether oxygens (including phenoxy) is 1. The normalized spacial score (nSPS) is 16.9. The third kappa shape index (κ3) is 4.62. The Labute approximate surface area is 92.0 Å². The Bertz CT molecular complexity index is 190. The van der Waals surface area contributed by atoms with Gasteiger partial charge < -0.3 is 15.2 Å². The number of nitrogens with one attached hydrogen (secondary N) is 1. The molecule has 0 bridgehead atoms. The number of hydrogen-bond donors (Lipinski definition) is 2. The van der Waals surface area contributed by atoms with E-state index in [4.69, 9.17) is 9.84 Å². The summed E-state index contributed by atoms with van der Waals surface area (Å²) in [6.07, 6.45) is 2.13. The molecule has 2 unspecified atom stereocenters. The quantitative estimate of drug-likeness (QED) is 0.671. The minimum atomic E-state index is -0.743. The lowest BCUT2D eigenvalue weighted by atomic mass is 10.0. The van der Waals surface area contributed by atoms with Crippen LogP contribution < -0.4 is 5.32 Å². The van der Waals surface area contributed by atoms with Crippen LogP contribution in [0.1, 0.15) is 40.0 Å². The smallest absolute Gasteiger partial charge is 0.252 e. The maximum atomic E-state index is 11.8. The van der Waals surface area contributed by atoms with Crippen molar-refractivity contribution in [2.75, 3.05) is 13.7 Å². The van der Waals surface area contributed by atoms with Crippen molar-refractivity contribution in [2.24, 2.45) is 0 Å². The van der Waals surface area contributed by atoms with E-state index in [1.165, 1.54) is 0 Å². The first-order valence-corrected chi connectivity index (χ1v) is 5.47. The molecule has 2 atom stereocenters. The SMILES string of the molecule is CCC(C)(OC)C(=O)NC(C)CCCO. The van der Waals surface area contributed by atoms with Gasteiger partial charge in [0.05, 0.1) is 0 Å². The molecule has 4 heteroatoms. The van der Waals surface area contributed by atoms with Crippen molar-refractivity contribution in [1.29, 1.82) is 0 Å². The summed E-state index contributed by atoms with van der Waals surface area (Å²) in [5.74, 6) is -0.0852. The van der Waals surface area contributed by atoms with Gasteiger partial charge in [0.15, 0.2) is 0 Å². The fourth-order valence-electron chi connectivity index (χ4n) is 1.24. The third-order valence-corrected chi connectivity index (χ3v) is 2.78. The van der Waals surface area contributed by atoms with Crippen molar-refractivity contribution in [3.63, 3.8) is 0 Å². The average Bonchev–Trinajstić information content (AvgIpc) is 2.24. The molecule has 15 heavy (non-hydrogen) atoms. The predicted octanol–water partition coefficient (Wildman–Crippen LogP) is 1.08. The fourth-order valence-corrected chi connectivity index (χ4v) is 1.24. The molecule has 0 aromatic heterocycles. The summed E-state index contributed by atoms with van der Waals surface area (Å²) in [6.45, 7) is 5.79. The highest BCUT2D eigenvalue weighted by Crippen LogP contribution is 2.14. The Balaban J connectivity index is 4.10. The largest absolute Gasteiger partial charge is 0.396 e. The number of carbonyl (C=O) groups excluding carboxylic acids is 1. The van der Waals surface area contributed by atoms with Crippen LogP contribution >= 0.6 is 0 Å². The molecule has 0 aliphatic heterocycles. The molecule has 0 aromatic carbocycles. The summed E-state index contributed by atoms with van der Waals surface area (Å²) in [5, 5.41) is 11.5. The minimum absolute atomic E-state index is 0.0747. The molecule has 2 N–H and O–H groups in total. The van der Waals surface area contributed by atoms with Crippen molar-refractivity contribution < 1.29 is 14.6 Å². The number of amides is 1. The first-order valence-electron chi connectivity index (χ1n) is 5.47. The molecule has 0 spiro atoms. The van der Waals surface area contributed by atoms with Gasteiger partial charge in [0.1, 0.15) is 5.60 Å². The van der Waals surface area contributed by atoms with Crippen LogP contribution in [0.3, 0.4) is 0 Å². The molecule has 0 heterocycles. The monoisotopic (exact) mass is 217 g/mol. The van der Waals surface area contributed by atoms with Crippen LogP contribution in [0, 0.1) is 0 Å². The number of methoxy groups -OCH3 is 1. The van der Waals surface area contributed by atoms with Gasteiger partial charge in [0, 0.05) is 19.8 Å². The highest BCUT2D eigenvalue weighted by Gasteiger charge is 2.31. The standard InChI is InChI=1S/C11H23NO3/c1-5-11(3,15-4)10(14)12-9(2)7-6-8-13/h9,13H,5-8H2,1-4H3,(H,12,14). The van der Waals surface area contributed by atoms with Gasteiger partial charge in [-0.15, -0.1) is 0 Å². The lowest BCUT2D eigenvalue weighted by Gasteiger charge is -2.27. The molecule has 1 amide bonds. The van der Waals surface area contributed by atoms with E-state index in [0.717, 1.165) is 6.42 Å². The third-order valence-electron chi connectivity index (χ3n) is 2.78. The molecule has 0 radical (unpaired) electrons. The van der Waals surface area contributed by atoms with Gasteiger partial charge >= 0.3 is 0 Å². The molecule has 0 fully saturated rings. The Morgan fingerprint density at radius 2 is 2.20 bits per heavy atom. The summed E-state index contributed by atoms with van der Waals surface area (Å²) >= 11 is 0. The van der Waals surface area contributed by atoms with Crippen LogP contribution in [0.25, 0.3) is 0 Å². The van der Waals surface area contributed by atoms with Crippen LogP contribution in [0.5, 0.6) is 0 Å². The Morgan fingerprint density at radius 1 is 1.60 bits per heavy atom. The maximum absolute atomic E-state index is 11.8. The van der Waals surface area contributed by atoms with E-state index in [-0.39, 0.29) is 18.6 Å². The fraction of sp³-hybridized carbons (Fsp3) is 0.909. The number of carbonyl (C=O) groups is 1. The molecule has 0 saturated carbocycles. The number of aliphatic hydroxyl groups is 1. The average molecular weight is 217 g/mol. The van der Waals surface area contributed by atoms with Gasteiger partial charge in [-0.05, 0) is 33.1 Å². The van der Waals surface area contributed by atoms with Gasteiger partial charge in [-0.2, -0.15) is 0 Å². The lowest BCUT2D eigenvalue weighted by molar-refractivity contribution is -0.142. The van der Waals surface area contributed by atoms with E-state index in [0.29, 0.717) is 12.8 Å². The van der Waals surface area contributed by atoms with Gasteiger partial charge in [-0.25, -0.2) is 0 Å². The Morgan fingerprint density at radius 3 is 2.60 bits per heavy atom. The van der Waals surface area contributed by atoms with Crippen LogP contribution in [0.2, 0.25) is 0 Å².